The normalized spacial score (nSPS) is 30.8. The van der Waals surface area contributed by atoms with Crippen LogP contribution in [0.1, 0.15) is 60.9 Å². The molecule has 6 rings (SSSR count). The highest BCUT2D eigenvalue weighted by atomic mass is 16.5. The molecule has 0 radical (unpaired) electrons. The lowest BCUT2D eigenvalue weighted by Gasteiger charge is -2.64. The number of nitrogens with zero attached hydrogens (tertiary/aromatic N) is 2. The monoisotopic (exact) mass is 514 g/mol. The van der Waals surface area contributed by atoms with E-state index >= 15 is 0 Å². The summed E-state index contributed by atoms with van der Waals surface area (Å²) in [5.74, 6) is 6.66. The quantitative estimate of drug-likeness (QED) is 0.612. The van der Waals surface area contributed by atoms with Crippen molar-refractivity contribution in [3.8, 4) is 23.3 Å². The average Bonchev–Trinajstić information content (AvgIpc) is 3.23. The Morgan fingerprint density at radius 3 is 2.74 bits per heavy atom. The van der Waals surface area contributed by atoms with Crippen LogP contribution in [0, 0.1) is 31.6 Å². The predicted molar refractivity (Wildman–Crippen MR) is 146 cm³/mol. The van der Waals surface area contributed by atoms with Gasteiger partial charge in [-0.25, -0.2) is 0 Å². The number of aromatic hydroxyl groups is 1. The number of phenolic OH excluding ortho intramolecular Hbond substituents is 1. The number of aryl methyl sites for hydroxylation is 2. The Kier molecular flexibility index (Phi) is 5.83. The molecule has 4 aliphatic rings. The molecular formula is C32H38N2O4. The van der Waals surface area contributed by atoms with Crippen molar-refractivity contribution in [1.82, 2.24) is 9.80 Å². The van der Waals surface area contributed by atoms with Crippen LogP contribution in [0.4, 0.5) is 0 Å². The summed E-state index contributed by atoms with van der Waals surface area (Å²) < 4.78 is 6.66. The number of aliphatic hydroxyl groups is 1. The zero-order chi connectivity index (χ0) is 27.0. The molecule has 1 saturated heterocycles. The van der Waals surface area contributed by atoms with Crippen LogP contribution in [0.3, 0.4) is 0 Å². The van der Waals surface area contributed by atoms with Crippen molar-refractivity contribution in [2.45, 2.75) is 82.6 Å². The summed E-state index contributed by atoms with van der Waals surface area (Å²) in [6.45, 7) is 9.71. The van der Waals surface area contributed by atoms with Gasteiger partial charge in [-0.05, 0) is 93.9 Å². The number of ether oxygens (including phenoxy) is 1. The minimum atomic E-state index is -0.981. The Hall–Kier alpha value is -3.01. The van der Waals surface area contributed by atoms with Crippen LogP contribution in [0.25, 0.3) is 0 Å². The highest BCUT2D eigenvalue weighted by molar-refractivity contribution is 5.94. The molecule has 2 aromatic rings. The van der Waals surface area contributed by atoms with Crippen LogP contribution < -0.4 is 4.74 Å². The third kappa shape index (κ3) is 3.45. The van der Waals surface area contributed by atoms with E-state index in [0.717, 1.165) is 41.6 Å². The molecule has 0 unspecified atom stereocenters. The first-order chi connectivity index (χ1) is 18.1. The van der Waals surface area contributed by atoms with Gasteiger partial charge in [0, 0.05) is 29.6 Å². The maximum Gasteiger partial charge on any atom is 0.299 e. The molecule has 2 aliphatic carbocycles. The summed E-state index contributed by atoms with van der Waals surface area (Å²) in [5, 5.41) is 23.3. The predicted octanol–water partition coefficient (Wildman–Crippen LogP) is 3.70. The summed E-state index contributed by atoms with van der Waals surface area (Å²) in [7, 11) is 2.09. The molecular weight excluding hydrogens is 476 g/mol. The number of rotatable bonds is 3. The van der Waals surface area contributed by atoms with Gasteiger partial charge in [0.15, 0.2) is 11.5 Å². The molecule has 1 amide bonds. The van der Waals surface area contributed by atoms with Crippen LogP contribution in [0.2, 0.25) is 0 Å². The van der Waals surface area contributed by atoms with Gasteiger partial charge in [0.05, 0.1) is 17.1 Å². The van der Waals surface area contributed by atoms with Gasteiger partial charge in [0.2, 0.25) is 0 Å². The van der Waals surface area contributed by atoms with Crippen molar-refractivity contribution in [3.63, 3.8) is 0 Å². The molecule has 6 nitrogen and oxygen atoms in total. The maximum absolute atomic E-state index is 13.8. The van der Waals surface area contributed by atoms with Crippen LogP contribution in [-0.4, -0.2) is 69.8 Å². The fourth-order valence-electron chi connectivity index (χ4n) is 7.82. The van der Waals surface area contributed by atoms with Crippen LogP contribution in [-0.2, 0) is 16.6 Å². The largest absolute Gasteiger partial charge is 0.504 e. The first-order valence-electron chi connectivity index (χ1n) is 13.9. The lowest BCUT2D eigenvalue weighted by atomic mass is 9.48. The fraction of sp³-hybridized carbons (Fsp3) is 0.531. The van der Waals surface area contributed by atoms with Gasteiger partial charge in [-0.15, -0.1) is 0 Å². The molecule has 2 bridgehead atoms. The molecule has 5 atom stereocenters. The van der Waals surface area contributed by atoms with Crippen molar-refractivity contribution >= 4 is 5.91 Å². The minimum absolute atomic E-state index is 0.0230. The molecule has 2 fully saturated rings. The molecule has 200 valence electrons. The number of hydrogen-bond donors (Lipinski definition) is 2. The average molecular weight is 515 g/mol. The number of benzene rings is 2. The Morgan fingerprint density at radius 1 is 1.21 bits per heavy atom. The van der Waals surface area contributed by atoms with E-state index in [2.05, 4.69) is 44.6 Å². The Labute approximate surface area is 225 Å². The molecule has 2 N–H and O–H groups in total. The van der Waals surface area contributed by atoms with Gasteiger partial charge >= 0.3 is 0 Å². The van der Waals surface area contributed by atoms with E-state index in [1.807, 2.05) is 36.1 Å². The number of piperidine rings is 1. The second-order valence-corrected chi connectivity index (χ2v) is 12.3. The molecule has 38 heavy (non-hydrogen) atoms. The van der Waals surface area contributed by atoms with Gasteiger partial charge < -0.3 is 24.7 Å². The summed E-state index contributed by atoms with van der Waals surface area (Å²) in [6, 6.07) is 9.43. The van der Waals surface area contributed by atoms with Crippen molar-refractivity contribution in [2.75, 3.05) is 20.1 Å². The lowest BCUT2D eigenvalue weighted by molar-refractivity contribution is -0.197. The minimum Gasteiger partial charge on any atom is -0.504 e. The van der Waals surface area contributed by atoms with Gasteiger partial charge in [0.1, 0.15) is 6.10 Å². The lowest BCUT2D eigenvalue weighted by Crippen LogP contribution is -2.78. The van der Waals surface area contributed by atoms with E-state index in [9.17, 15) is 15.0 Å². The van der Waals surface area contributed by atoms with E-state index < -0.39 is 17.1 Å². The van der Waals surface area contributed by atoms with Gasteiger partial charge in [-0.2, -0.15) is 0 Å². The first-order valence-corrected chi connectivity index (χ1v) is 13.9. The summed E-state index contributed by atoms with van der Waals surface area (Å²) in [4.78, 5) is 17.9. The van der Waals surface area contributed by atoms with Crippen molar-refractivity contribution in [1.29, 1.82) is 0 Å². The van der Waals surface area contributed by atoms with Crippen molar-refractivity contribution < 1.29 is 19.7 Å². The molecule has 6 heteroatoms. The van der Waals surface area contributed by atoms with Gasteiger partial charge in [0.25, 0.3) is 5.91 Å². The van der Waals surface area contributed by atoms with E-state index in [0.29, 0.717) is 25.1 Å². The molecule has 2 aromatic carbocycles. The number of hydrogen-bond acceptors (Lipinski definition) is 5. The molecule has 0 aromatic heterocycles. The number of carbonyl (C=O) groups excluding carboxylic acids is 1. The molecule has 2 heterocycles. The number of likely N-dealkylation sites (N-methyl/N-ethyl adjacent to an activating group) is 1. The van der Waals surface area contributed by atoms with E-state index in [-0.39, 0.29) is 29.7 Å². The SMILES string of the molecule is Cc1ccc(C#CC(=O)N(CC(C)C)[C@@H]2CC[C@@]3(O)[C@H]4Cc5ccc(O)c6c5[C@@]3(CCN4C)[C@H]2O6)cc1C. The van der Waals surface area contributed by atoms with E-state index in [1.165, 1.54) is 5.56 Å². The van der Waals surface area contributed by atoms with Crippen molar-refractivity contribution in [2.24, 2.45) is 5.92 Å². The number of likely N-dealkylation sites (tertiary alicyclic amines) is 1. The highest BCUT2D eigenvalue weighted by Gasteiger charge is 2.73. The third-order valence-corrected chi connectivity index (χ3v) is 9.74. The van der Waals surface area contributed by atoms with Crippen LogP contribution >= 0.6 is 0 Å². The smallest absolute Gasteiger partial charge is 0.299 e. The summed E-state index contributed by atoms with van der Waals surface area (Å²) in [6.07, 6.45) is 2.22. The van der Waals surface area contributed by atoms with Crippen LogP contribution in [0.15, 0.2) is 30.3 Å². The Morgan fingerprint density at radius 2 is 2.00 bits per heavy atom. The van der Waals surface area contributed by atoms with Gasteiger partial charge in [-0.1, -0.05) is 31.9 Å². The number of carbonyl (C=O) groups is 1. The topological polar surface area (TPSA) is 73.2 Å². The molecule has 1 saturated carbocycles. The maximum atomic E-state index is 13.8. The zero-order valence-electron chi connectivity index (χ0n) is 23.0. The standard InChI is InChI=1S/C32H38N2O4/c1-19(2)18-34(27(36)11-8-22-7-6-20(3)21(4)16-22)24-12-13-32(37)26-17-23-9-10-25(35)29-28(23)31(32,30(24)38-29)14-15-33(26)5/h6-7,9-10,16,19,24,26,30,35,37H,12-15,17-18H2,1-5H3/t24-,26-,30+,31+,32-/m1/s1. The Balaban J connectivity index is 1.42. The second kappa shape index (κ2) is 8.76. The fourth-order valence-corrected chi connectivity index (χ4v) is 7.82. The zero-order valence-corrected chi connectivity index (χ0v) is 23.0. The Bertz CT molecular complexity index is 1370. The molecule has 1 spiro atoms. The van der Waals surface area contributed by atoms with E-state index in [1.54, 1.807) is 6.07 Å². The second-order valence-electron chi connectivity index (χ2n) is 12.3. The summed E-state index contributed by atoms with van der Waals surface area (Å²) >= 11 is 0. The molecule has 2 aliphatic heterocycles. The highest BCUT2D eigenvalue weighted by Crippen LogP contribution is 2.65. The first kappa shape index (κ1) is 25.3. The van der Waals surface area contributed by atoms with Crippen LogP contribution in [0.5, 0.6) is 11.5 Å². The summed E-state index contributed by atoms with van der Waals surface area (Å²) in [5.41, 5.74) is 3.64. The number of amides is 1. The third-order valence-electron chi connectivity index (χ3n) is 9.74. The van der Waals surface area contributed by atoms with Crippen molar-refractivity contribution in [3.05, 3.63) is 58.1 Å². The van der Waals surface area contributed by atoms with Gasteiger partial charge in [-0.3, -0.25) is 4.79 Å². The van der Waals surface area contributed by atoms with E-state index in [4.69, 9.17) is 4.74 Å². The number of phenols is 1.